The molecular weight excluding hydrogens is 296 g/mol. The summed E-state index contributed by atoms with van der Waals surface area (Å²) in [6.07, 6.45) is 0. The predicted molar refractivity (Wildman–Crippen MR) is 74.1 cm³/mol. The largest absolute Gasteiger partial charge is 0.458 e. The SMILES string of the molecule is CC(C)(C)OC(=O)C1(C)NNc2ccc(Br)cc21. The second kappa shape index (κ2) is 4.24. The molecule has 0 fully saturated rings. The van der Waals surface area contributed by atoms with Crippen LogP contribution in [-0.4, -0.2) is 11.6 Å². The second-order valence-electron chi connectivity index (χ2n) is 5.57. The first kappa shape index (κ1) is 13.4. The molecule has 0 spiro atoms. The topological polar surface area (TPSA) is 50.4 Å². The summed E-state index contributed by atoms with van der Waals surface area (Å²) in [5.41, 5.74) is 6.42. The fraction of sp³-hybridized carbons (Fsp3) is 0.462. The molecule has 1 heterocycles. The lowest BCUT2D eigenvalue weighted by Gasteiger charge is -2.28. The van der Waals surface area contributed by atoms with Crippen molar-refractivity contribution in [2.45, 2.75) is 38.8 Å². The highest BCUT2D eigenvalue weighted by molar-refractivity contribution is 9.10. The van der Waals surface area contributed by atoms with Gasteiger partial charge in [-0.25, -0.2) is 10.2 Å². The average molecular weight is 313 g/mol. The molecule has 2 N–H and O–H groups in total. The molecule has 1 aliphatic heterocycles. The first-order chi connectivity index (χ1) is 8.22. The van der Waals surface area contributed by atoms with Crippen molar-refractivity contribution in [2.75, 3.05) is 5.43 Å². The zero-order valence-electron chi connectivity index (χ0n) is 10.9. The van der Waals surface area contributed by atoms with E-state index in [9.17, 15) is 4.79 Å². The summed E-state index contributed by atoms with van der Waals surface area (Å²) in [6.45, 7) is 7.39. The maximum atomic E-state index is 12.3. The third-order valence-electron chi connectivity index (χ3n) is 2.77. The monoisotopic (exact) mass is 312 g/mol. The van der Waals surface area contributed by atoms with Crippen molar-refractivity contribution >= 4 is 27.6 Å². The van der Waals surface area contributed by atoms with Crippen molar-refractivity contribution in [1.29, 1.82) is 0 Å². The molecule has 1 aliphatic rings. The Bertz CT molecular complexity index is 496. The lowest BCUT2D eigenvalue weighted by atomic mass is 9.93. The van der Waals surface area contributed by atoms with Crippen LogP contribution in [0.15, 0.2) is 22.7 Å². The van der Waals surface area contributed by atoms with E-state index in [4.69, 9.17) is 4.74 Å². The van der Waals surface area contributed by atoms with Gasteiger partial charge < -0.3 is 10.2 Å². The summed E-state index contributed by atoms with van der Waals surface area (Å²) in [4.78, 5) is 12.3. The maximum absolute atomic E-state index is 12.3. The Kier molecular flexibility index (Phi) is 3.15. The smallest absolute Gasteiger partial charge is 0.333 e. The number of rotatable bonds is 1. The molecule has 1 unspecified atom stereocenters. The van der Waals surface area contributed by atoms with Crippen LogP contribution in [0.4, 0.5) is 5.69 Å². The van der Waals surface area contributed by atoms with E-state index in [2.05, 4.69) is 26.8 Å². The van der Waals surface area contributed by atoms with Crippen LogP contribution in [0.1, 0.15) is 33.3 Å². The summed E-state index contributed by atoms with van der Waals surface area (Å²) >= 11 is 3.42. The van der Waals surface area contributed by atoms with Gasteiger partial charge in [0.2, 0.25) is 0 Å². The second-order valence-corrected chi connectivity index (χ2v) is 6.48. The molecule has 0 aromatic heterocycles. The molecule has 1 aromatic carbocycles. The number of anilines is 1. The number of fused-ring (bicyclic) bond motifs is 1. The number of hydrazine groups is 1. The number of hydrogen-bond acceptors (Lipinski definition) is 4. The van der Waals surface area contributed by atoms with Crippen LogP contribution in [0.2, 0.25) is 0 Å². The van der Waals surface area contributed by atoms with Crippen molar-refractivity contribution in [3.05, 3.63) is 28.2 Å². The van der Waals surface area contributed by atoms with Gasteiger partial charge in [-0.15, -0.1) is 0 Å². The van der Waals surface area contributed by atoms with Crippen LogP contribution in [0, 0.1) is 0 Å². The highest BCUT2D eigenvalue weighted by atomic mass is 79.9. The minimum absolute atomic E-state index is 0.292. The van der Waals surface area contributed by atoms with Crippen molar-refractivity contribution in [1.82, 2.24) is 5.43 Å². The van der Waals surface area contributed by atoms with E-state index in [-0.39, 0.29) is 5.97 Å². The number of esters is 1. The fourth-order valence-electron chi connectivity index (χ4n) is 1.84. The van der Waals surface area contributed by atoms with Gasteiger partial charge >= 0.3 is 5.97 Å². The molecule has 4 nitrogen and oxygen atoms in total. The fourth-order valence-corrected chi connectivity index (χ4v) is 2.20. The summed E-state index contributed by atoms with van der Waals surface area (Å²) in [6, 6.07) is 5.77. The van der Waals surface area contributed by atoms with E-state index in [1.165, 1.54) is 0 Å². The van der Waals surface area contributed by atoms with Crippen LogP contribution >= 0.6 is 15.9 Å². The number of carbonyl (C=O) groups is 1. The van der Waals surface area contributed by atoms with E-state index in [1.807, 2.05) is 45.9 Å². The van der Waals surface area contributed by atoms with E-state index in [0.717, 1.165) is 15.7 Å². The van der Waals surface area contributed by atoms with Gasteiger partial charge in [-0.3, -0.25) is 0 Å². The number of nitrogens with one attached hydrogen (secondary N) is 2. The van der Waals surface area contributed by atoms with Gasteiger partial charge in [-0.2, -0.15) is 0 Å². The lowest BCUT2D eigenvalue weighted by molar-refractivity contribution is -0.162. The molecule has 98 valence electrons. The standard InChI is InChI=1S/C13H17BrN2O2/c1-12(2,3)18-11(17)13(4)9-7-8(14)5-6-10(9)15-16-13/h5-7,15-16H,1-4H3. The van der Waals surface area contributed by atoms with Gasteiger partial charge in [0.25, 0.3) is 0 Å². The van der Waals surface area contributed by atoms with Gasteiger partial charge in [-0.05, 0) is 45.9 Å². The number of ether oxygens (including phenoxy) is 1. The Balaban J connectivity index is 2.35. The van der Waals surface area contributed by atoms with E-state index in [0.29, 0.717) is 0 Å². The highest BCUT2D eigenvalue weighted by Gasteiger charge is 2.44. The Morgan fingerprint density at radius 3 is 2.67 bits per heavy atom. The average Bonchev–Trinajstić information content (AvgIpc) is 2.55. The zero-order valence-corrected chi connectivity index (χ0v) is 12.5. The van der Waals surface area contributed by atoms with Gasteiger partial charge in [0.1, 0.15) is 5.60 Å². The highest BCUT2D eigenvalue weighted by Crippen LogP contribution is 2.36. The van der Waals surface area contributed by atoms with Crippen LogP contribution in [-0.2, 0) is 15.1 Å². The van der Waals surface area contributed by atoms with Gasteiger partial charge in [0.05, 0.1) is 5.69 Å². The molecule has 0 amide bonds. The first-order valence-electron chi connectivity index (χ1n) is 5.79. The summed E-state index contributed by atoms with van der Waals surface area (Å²) in [5.74, 6) is -0.292. The summed E-state index contributed by atoms with van der Waals surface area (Å²) < 4.78 is 6.40. The summed E-state index contributed by atoms with van der Waals surface area (Å²) in [5, 5.41) is 0. The van der Waals surface area contributed by atoms with Crippen LogP contribution in [0.3, 0.4) is 0 Å². The molecule has 0 bridgehead atoms. The Hall–Kier alpha value is -1.07. The third-order valence-corrected chi connectivity index (χ3v) is 3.27. The minimum Gasteiger partial charge on any atom is -0.458 e. The van der Waals surface area contributed by atoms with Crippen molar-refractivity contribution in [2.24, 2.45) is 0 Å². The van der Waals surface area contributed by atoms with Crippen LogP contribution in [0.5, 0.6) is 0 Å². The van der Waals surface area contributed by atoms with Gasteiger partial charge in [0, 0.05) is 10.0 Å². The quantitative estimate of drug-likeness (QED) is 0.783. The molecule has 1 aromatic rings. The summed E-state index contributed by atoms with van der Waals surface area (Å²) in [7, 11) is 0. The molecular formula is C13H17BrN2O2. The normalized spacial score (nSPS) is 22.3. The van der Waals surface area contributed by atoms with E-state index in [1.54, 1.807) is 0 Å². The lowest BCUT2D eigenvalue weighted by Crippen LogP contribution is -2.47. The molecule has 0 saturated carbocycles. The molecule has 18 heavy (non-hydrogen) atoms. The number of halogens is 1. The maximum Gasteiger partial charge on any atom is 0.333 e. The molecule has 0 radical (unpaired) electrons. The minimum atomic E-state index is -0.869. The number of benzene rings is 1. The molecule has 2 rings (SSSR count). The van der Waals surface area contributed by atoms with Crippen LogP contribution in [0.25, 0.3) is 0 Å². The number of carbonyl (C=O) groups excluding carboxylic acids is 1. The molecule has 0 saturated heterocycles. The van der Waals surface area contributed by atoms with Crippen LogP contribution < -0.4 is 10.9 Å². The Labute approximate surface area is 115 Å². The third kappa shape index (κ3) is 2.37. The van der Waals surface area contributed by atoms with E-state index >= 15 is 0 Å². The van der Waals surface area contributed by atoms with Crippen molar-refractivity contribution in [3.63, 3.8) is 0 Å². The van der Waals surface area contributed by atoms with E-state index < -0.39 is 11.1 Å². The van der Waals surface area contributed by atoms with Gasteiger partial charge in [0.15, 0.2) is 5.54 Å². The molecule has 1 atom stereocenters. The van der Waals surface area contributed by atoms with Gasteiger partial charge in [-0.1, -0.05) is 15.9 Å². The predicted octanol–water partition coefficient (Wildman–Crippen LogP) is 2.94. The number of hydrogen-bond donors (Lipinski definition) is 2. The molecule has 0 aliphatic carbocycles. The molecule has 5 heteroatoms. The van der Waals surface area contributed by atoms with Crippen molar-refractivity contribution < 1.29 is 9.53 Å². The first-order valence-corrected chi connectivity index (χ1v) is 6.58. The zero-order chi connectivity index (χ0) is 13.6. The Morgan fingerprint density at radius 2 is 2.06 bits per heavy atom. The Morgan fingerprint density at radius 1 is 1.39 bits per heavy atom. The van der Waals surface area contributed by atoms with Crippen molar-refractivity contribution in [3.8, 4) is 0 Å².